The zero-order chi connectivity index (χ0) is 28.6. The highest BCUT2D eigenvalue weighted by Crippen LogP contribution is 2.41. The van der Waals surface area contributed by atoms with Crippen molar-refractivity contribution < 1.29 is 23.4 Å². The third kappa shape index (κ3) is 6.33. The first-order valence-corrected chi connectivity index (χ1v) is 12.9. The molecule has 0 atom stereocenters. The van der Waals surface area contributed by atoms with Gasteiger partial charge in [-0.3, -0.25) is 4.79 Å². The molecule has 1 saturated heterocycles. The number of anilines is 1. The number of aryl methyl sites for hydroxylation is 1. The lowest BCUT2D eigenvalue weighted by Crippen LogP contribution is -2.28. The maximum absolute atomic E-state index is 9.89. The monoisotopic (exact) mass is 543 g/mol. The van der Waals surface area contributed by atoms with Gasteiger partial charge in [-0.1, -0.05) is 6.07 Å². The molecule has 0 saturated carbocycles. The van der Waals surface area contributed by atoms with E-state index in [1.54, 1.807) is 40.7 Å². The zero-order valence-electron chi connectivity index (χ0n) is 23.4. The Labute approximate surface area is 233 Å². The highest BCUT2D eigenvalue weighted by atomic mass is 16.5. The molecule has 1 fully saturated rings. The summed E-state index contributed by atoms with van der Waals surface area (Å²) >= 11 is 0. The van der Waals surface area contributed by atoms with Gasteiger partial charge in [-0.05, 0) is 49.1 Å². The maximum Gasteiger partial charge on any atom is 0.209 e. The van der Waals surface area contributed by atoms with Crippen LogP contribution in [0.2, 0.25) is 0 Å². The molecule has 0 bridgehead atoms. The summed E-state index contributed by atoms with van der Waals surface area (Å²) in [6, 6.07) is 12.1. The van der Waals surface area contributed by atoms with Crippen LogP contribution in [0.25, 0.3) is 33.7 Å². The molecule has 10 heteroatoms. The fourth-order valence-corrected chi connectivity index (χ4v) is 4.37. The van der Waals surface area contributed by atoms with Crippen molar-refractivity contribution in [3.05, 3.63) is 53.9 Å². The number of carbonyl (C=O) groups is 1. The fraction of sp³-hybridized carbons (Fsp3) is 0.333. The molecule has 1 aromatic carbocycles. The topological polar surface area (TPSA) is 123 Å². The smallest absolute Gasteiger partial charge is 0.209 e. The number of aromatic nitrogens is 2. The number of hydrogen-bond acceptors (Lipinski definition) is 9. The largest absolute Gasteiger partial charge is 0.494 e. The van der Waals surface area contributed by atoms with E-state index in [1.807, 2.05) is 37.3 Å². The number of ether oxygens (including phenoxy) is 3. The summed E-state index contributed by atoms with van der Waals surface area (Å²) in [7, 11) is 6.57. The Morgan fingerprint density at radius 2 is 1.80 bits per heavy atom. The van der Waals surface area contributed by atoms with Crippen LogP contribution < -0.4 is 14.8 Å². The second kappa shape index (κ2) is 13.0. The number of rotatable bonds is 7. The number of fused-ring (bicyclic) bond motifs is 1. The van der Waals surface area contributed by atoms with Gasteiger partial charge in [0.25, 0.3) is 0 Å². The van der Waals surface area contributed by atoms with Gasteiger partial charge in [0, 0.05) is 45.6 Å². The number of hydrogen-bond donors (Lipinski definition) is 1. The number of nitriles is 1. The molecule has 1 aliphatic heterocycles. The molecule has 40 heavy (non-hydrogen) atoms. The lowest BCUT2D eigenvalue weighted by Gasteiger charge is -2.24. The van der Waals surface area contributed by atoms with Gasteiger partial charge in [-0.15, -0.1) is 0 Å². The highest BCUT2D eigenvalue weighted by Gasteiger charge is 2.21. The van der Waals surface area contributed by atoms with Crippen LogP contribution in [0.5, 0.6) is 11.5 Å². The summed E-state index contributed by atoms with van der Waals surface area (Å²) < 4.78 is 22.9. The summed E-state index contributed by atoms with van der Waals surface area (Å²) in [5.74, 6) is 1.71. The summed E-state index contributed by atoms with van der Waals surface area (Å²) in [5, 5.41) is 13.4. The van der Waals surface area contributed by atoms with Crippen molar-refractivity contribution in [2.45, 2.75) is 25.8 Å². The highest BCUT2D eigenvalue weighted by molar-refractivity contribution is 5.96. The standard InChI is InChI=1S/C27H26N4O4.C3H7NO/c1-16-10-22(32-2)26(30-14-16)23-12-21-27(35-23)25(24(33-3)15-29-21)17-4-5-20(18(11-17)13-28)31-19-6-8-34-9-7-19;1-4(2)3-5/h4-5,10-12,14-15,19,31H,6-9H2,1-3H3;3H,1-2H3. The average molecular weight is 544 g/mol. The molecule has 0 radical (unpaired) electrons. The van der Waals surface area contributed by atoms with Crippen molar-refractivity contribution in [3.63, 3.8) is 0 Å². The number of methoxy groups -OCH3 is 2. The number of nitrogens with one attached hydrogen (secondary N) is 1. The number of amides is 1. The molecule has 10 nitrogen and oxygen atoms in total. The third-order valence-corrected chi connectivity index (χ3v) is 6.39. The number of furan rings is 1. The normalized spacial score (nSPS) is 13.1. The lowest BCUT2D eigenvalue weighted by molar-refractivity contribution is -0.115. The van der Waals surface area contributed by atoms with Gasteiger partial charge < -0.3 is 28.8 Å². The zero-order valence-corrected chi connectivity index (χ0v) is 23.4. The van der Waals surface area contributed by atoms with E-state index in [-0.39, 0.29) is 6.04 Å². The molecule has 0 aliphatic carbocycles. The molecule has 0 unspecified atom stereocenters. The Balaban J connectivity index is 0.000000681. The van der Waals surface area contributed by atoms with E-state index in [0.29, 0.717) is 39.6 Å². The molecule has 208 valence electrons. The van der Waals surface area contributed by atoms with E-state index in [0.717, 1.165) is 54.8 Å². The van der Waals surface area contributed by atoms with E-state index in [1.165, 1.54) is 4.90 Å². The number of nitrogens with zero attached hydrogens (tertiary/aromatic N) is 4. The Kier molecular flexibility index (Phi) is 9.19. The maximum atomic E-state index is 9.89. The predicted molar refractivity (Wildman–Crippen MR) is 152 cm³/mol. The molecule has 1 aliphatic rings. The van der Waals surface area contributed by atoms with E-state index < -0.39 is 0 Å². The molecular weight excluding hydrogens is 510 g/mol. The minimum absolute atomic E-state index is 0.286. The quantitative estimate of drug-likeness (QED) is 0.319. The van der Waals surface area contributed by atoms with Crippen molar-refractivity contribution in [1.82, 2.24) is 14.9 Å². The van der Waals surface area contributed by atoms with Gasteiger partial charge in [0.05, 0.1) is 37.2 Å². The summed E-state index contributed by atoms with van der Waals surface area (Å²) in [5.41, 5.74) is 5.67. The number of benzene rings is 1. The van der Waals surface area contributed by atoms with Gasteiger partial charge in [0.1, 0.15) is 28.8 Å². The minimum Gasteiger partial charge on any atom is -0.494 e. The first-order chi connectivity index (χ1) is 19.4. The predicted octanol–water partition coefficient (Wildman–Crippen LogP) is 5.05. The number of pyridine rings is 2. The van der Waals surface area contributed by atoms with Gasteiger partial charge in [0.15, 0.2) is 11.3 Å². The fourth-order valence-electron chi connectivity index (χ4n) is 4.37. The molecule has 3 aromatic heterocycles. The van der Waals surface area contributed by atoms with Crippen LogP contribution >= 0.6 is 0 Å². The van der Waals surface area contributed by atoms with Crippen molar-refractivity contribution in [2.24, 2.45) is 0 Å². The van der Waals surface area contributed by atoms with Crippen LogP contribution in [0.1, 0.15) is 24.0 Å². The summed E-state index contributed by atoms with van der Waals surface area (Å²) in [4.78, 5) is 19.9. The van der Waals surface area contributed by atoms with Crippen LogP contribution in [0.15, 0.2) is 47.1 Å². The SMILES string of the molecule is CN(C)C=O.COc1cc(C)cnc1-c1cc2ncc(OC)c(-c3ccc(NC4CCOCC4)c(C#N)c3)c2o1. The molecule has 4 heterocycles. The summed E-state index contributed by atoms with van der Waals surface area (Å²) in [6.45, 7) is 3.41. The van der Waals surface area contributed by atoms with Crippen LogP contribution in [-0.2, 0) is 9.53 Å². The van der Waals surface area contributed by atoms with Gasteiger partial charge in [0.2, 0.25) is 6.41 Å². The minimum atomic E-state index is 0.286. The Morgan fingerprint density at radius 3 is 2.45 bits per heavy atom. The molecule has 1 amide bonds. The lowest BCUT2D eigenvalue weighted by atomic mass is 10.0. The van der Waals surface area contributed by atoms with Crippen molar-refractivity contribution in [1.29, 1.82) is 5.26 Å². The molecule has 5 rings (SSSR count). The molecule has 0 spiro atoms. The van der Waals surface area contributed by atoms with Gasteiger partial charge >= 0.3 is 0 Å². The van der Waals surface area contributed by atoms with E-state index in [2.05, 4.69) is 21.4 Å². The summed E-state index contributed by atoms with van der Waals surface area (Å²) in [6.07, 6.45) is 6.01. The third-order valence-electron chi connectivity index (χ3n) is 6.39. The number of carbonyl (C=O) groups excluding carboxylic acids is 1. The molecule has 4 aromatic rings. The van der Waals surface area contributed by atoms with Gasteiger partial charge in [-0.2, -0.15) is 5.26 Å². The molecular formula is C30H33N5O5. The van der Waals surface area contributed by atoms with Crippen LogP contribution in [0.3, 0.4) is 0 Å². The molecule has 1 N–H and O–H groups in total. The van der Waals surface area contributed by atoms with E-state index in [9.17, 15) is 10.1 Å². The second-order valence-electron chi connectivity index (χ2n) is 9.56. The van der Waals surface area contributed by atoms with Crippen LogP contribution in [0, 0.1) is 18.3 Å². The first-order valence-electron chi connectivity index (χ1n) is 12.9. The second-order valence-corrected chi connectivity index (χ2v) is 9.56. The van der Waals surface area contributed by atoms with Crippen molar-refractivity contribution in [2.75, 3.05) is 46.8 Å². The van der Waals surface area contributed by atoms with Crippen LogP contribution in [-0.4, -0.2) is 68.8 Å². The van der Waals surface area contributed by atoms with Crippen LogP contribution in [0.4, 0.5) is 5.69 Å². The Bertz CT molecular complexity index is 1520. The van der Waals surface area contributed by atoms with Gasteiger partial charge in [-0.25, -0.2) is 9.97 Å². The van der Waals surface area contributed by atoms with Crippen molar-refractivity contribution in [3.8, 4) is 40.1 Å². The van der Waals surface area contributed by atoms with Crippen molar-refractivity contribution >= 4 is 23.2 Å². The Morgan fingerprint density at radius 1 is 1.07 bits per heavy atom. The van der Waals surface area contributed by atoms with E-state index in [4.69, 9.17) is 18.6 Å². The average Bonchev–Trinajstić information content (AvgIpc) is 3.41. The first kappa shape index (κ1) is 28.4. The van der Waals surface area contributed by atoms with E-state index >= 15 is 0 Å². The Hall–Kier alpha value is -4.62.